The molecule has 0 bridgehead atoms. The average molecular weight is 1430 g/mol. The number of aromatic nitrogens is 4. The first kappa shape index (κ1) is 63.6. The lowest BCUT2D eigenvalue weighted by molar-refractivity contribution is 0.590. The van der Waals surface area contributed by atoms with Gasteiger partial charge in [-0.15, -0.1) is 0 Å². The fraction of sp³-hybridized carbons (Fsp3) is 0.155. The first-order chi connectivity index (χ1) is 55.2. The van der Waals surface area contributed by atoms with Crippen molar-refractivity contribution in [2.75, 3.05) is 9.80 Å². The molecule has 0 spiro atoms. The highest BCUT2D eigenvalue weighted by Gasteiger charge is 2.46. The first-order valence-corrected chi connectivity index (χ1v) is 38.4. The molecule has 0 amide bonds. The average Bonchev–Trinajstić information content (AvgIpc) is 1.14. The first-order valence-electron chi connectivity index (χ1n) is 40.9. The molecular formula is C103H89BN6. The molecule has 0 saturated carbocycles. The third kappa shape index (κ3) is 12.3. The van der Waals surface area contributed by atoms with Gasteiger partial charge in [0, 0.05) is 72.6 Å². The van der Waals surface area contributed by atoms with E-state index in [1.165, 1.54) is 27.5 Å². The molecular weight excluding hydrogens is 1330 g/mol. The molecule has 6 nitrogen and oxygen atoms in total. The van der Waals surface area contributed by atoms with Crippen LogP contribution in [0.2, 0.25) is 0 Å². The second-order valence-electron chi connectivity index (χ2n) is 33.7. The predicted octanol–water partition coefficient (Wildman–Crippen LogP) is 25.6. The maximum Gasteiger partial charge on any atom is 0.252 e. The van der Waals surface area contributed by atoms with Crippen molar-refractivity contribution in [2.24, 2.45) is 0 Å². The van der Waals surface area contributed by atoms with Crippen molar-refractivity contribution in [3.8, 4) is 95.5 Å². The molecule has 0 saturated heterocycles. The Kier molecular flexibility index (Phi) is 15.5. The summed E-state index contributed by atoms with van der Waals surface area (Å²) in [5.41, 5.74) is 26.2. The Bertz CT molecular complexity index is 6360. The number of hydrogen-bond donors (Lipinski definition) is 0. The van der Waals surface area contributed by atoms with E-state index in [0.29, 0.717) is 23.0 Å². The zero-order chi connectivity index (χ0) is 79.9. The van der Waals surface area contributed by atoms with E-state index in [2.05, 4.69) is 346 Å². The van der Waals surface area contributed by atoms with E-state index in [9.17, 15) is 5.48 Å². The minimum absolute atomic E-state index is 0.117. The van der Waals surface area contributed by atoms with E-state index in [0.717, 1.165) is 134 Å². The highest BCUT2D eigenvalue weighted by molar-refractivity contribution is 7.00. The Morgan fingerprint density at radius 1 is 0.282 bits per heavy atom. The molecule has 110 heavy (non-hydrogen) atoms. The van der Waals surface area contributed by atoms with Gasteiger partial charge in [-0.3, -0.25) is 0 Å². The van der Waals surface area contributed by atoms with Gasteiger partial charge in [0.2, 0.25) is 0 Å². The maximum atomic E-state index is 9.70. The topological polar surface area (TPSA) is 50.1 Å². The quantitative estimate of drug-likeness (QED) is 0.121. The number of rotatable bonds is 11. The van der Waals surface area contributed by atoms with Crippen LogP contribution in [0, 0.1) is 0 Å². The summed E-state index contributed by atoms with van der Waals surface area (Å²) in [5.74, 6) is 1.57. The van der Waals surface area contributed by atoms with Crippen LogP contribution < -0.4 is 26.2 Å². The number of fused-ring (bicyclic) bond motifs is 7. The molecule has 534 valence electrons. The third-order valence-corrected chi connectivity index (χ3v) is 22.3. The maximum absolute atomic E-state index is 9.70. The van der Waals surface area contributed by atoms with E-state index in [-0.39, 0.29) is 33.9 Å². The van der Waals surface area contributed by atoms with Crippen molar-refractivity contribution in [1.82, 2.24) is 19.5 Å². The number of para-hydroxylation sites is 1. The fourth-order valence-electron chi connectivity index (χ4n) is 16.4. The highest BCUT2D eigenvalue weighted by atomic mass is 15.2. The van der Waals surface area contributed by atoms with Gasteiger partial charge in [0.05, 0.1) is 29.3 Å². The van der Waals surface area contributed by atoms with Gasteiger partial charge in [0.15, 0.2) is 17.5 Å². The van der Waals surface area contributed by atoms with Crippen molar-refractivity contribution in [2.45, 2.75) is 105 Å². The predicted molar refractivity (Wildman–Crippen MR) is 466 cm³/mol. The highest BCUT2D eigenvalue weighted by Crippen LogP contribution is 2.55. The van der Waals surface area contributed by atoms with Crippen LogP contribution >= 0.6 is 0 Å². The molecule has 0 fully saturated rings. The molecule has 2 aliphatic heterocycles. The third-order valence-electron chi connectivity index (χ3n) is 22.3. The van der Waals surface area contributed by atoms with Crippen LogP contribution in [0.3, 0.4) is 0 Å². The smallest absolute Gasteiger partial charge is 0.252 e. The number of anilines is 6. The van der Waals surface area contributed by atoms with Crippen molar-refractivity contribution in [3.63, 3.8) is 0 Å². The van der Waals surface area contributed by atoms with Gasteiger partial charge < -0.3 is 14.4 Å². The molecule has 7 heteroatoms. The molecule has 0 radical (unpaired) electrons. The minimum atomic E-state index is -0.518. The van der Waals surface area contributed by atoms with E-state index >= 15 is 0 Å². The lowest BCUT2D eigenvalue weighted by atomic mass is 9.33. The van der Waals surface area contributed by atoms with E-state index in [1.807, 2.05) is 42.5 Å². The van der Waals surface area contributed by atoms with Gasteiger partial charge in [-0.05, 0) is 166 Å². The minimum Gasteiger partial charge on any atom is -0.310 e. The van der Waals surface area contributed by atoms with E-state index in [4.69, 9.17) is 16.3 Å². The summed E-state index contributed by atoms with van der Waals surface area (Å²) in [6, 6.07) is 103. The number of hydrogen-bond acceptors (Lipinski definition) is 5. The molecule has 0 aliphatic carbocycles. The van der Waals surface area contributed by atoms with Crippen molar-refractivity contribution in [3.05, 3.63) is 344 Å². The molecule has 2 aliphatic rings. The number of benzene rings is 14. The zero-order valence-electron chi connectivity index (χ0n) is 69.5. The van der Waals surface area contributed by atoms with Crippen molar-refractivity contribution < 1.29 is 6.85 Å². The molecule has 14 aromatic carbocycles. The second kappa shape index (κ2) is 26.7. The van der Waals surface area contributed by atoms with Gasteiger partial charge in [0.25, 0.3) is 6.71 Å². The SMILES string of the molecule is [2H]c1c([2H])c([2H])c(-c2ccc3c(c2)N(c2c(-c4ccccc4)cccc2-c2ccccc2)c2cc(-c4cccc(C(C)(C)C)c4)cc4c2B3c2ccc(-n3c5ccc(C(C)(C)C)cc5c5cc(C(C)(C)C)ccc53)cc2N4c2c(-c3ccccc3)cc(C(C)(C)C)cc2-c2nc(-c3ccccc3)nc(-c3ccccc3)n2)c([2H])c1[2H]. The second-order valence-corrected chi connectivity index (χ2v) is 33.7. The van der Waals surface area contributed by atoms with E-state index < -0.39 is 30.3 Å². The Balaban J connectivity index is 1.06. The number of nitrogens with zero attached hydrogens (tertiary/aromatic N) is 6. The zero-order valence-corrected chi connectivity index (χ0v) is 64.5. The molecule has 0 atom stereocenters. The van der Waals surface area contributed by atoms with Crippen LogP contribution in [-0.2, 0) is 21.7 Å². The Morgan fingerprint density at radius 3 is 1.18 bits per heavy atom. The summed E-state index contributed by atoms with van der Waals surface area (Å²) in [5, 5.41) is 2.35. The Morgan fingerprint density at radius 2 is 0.682 bits per heavy atom. The van der Waals surface area contributed by atoms with Crippen LogP contribution in [0.5, 0.6) is 0 Å². The van der Waals surface area contributed by atoms with Crippen molar-refractivity contribution in [1.29, 1.82) is 0 Å². The largest absolute Gasteiger partial charge is 0.310 e. The standard InChI is InChI=1S/C103H89BN6/c1-100(2,3)75-46-31-45-72(57-75)74-59-92-94-93(60-74)110(96-82(69-39-25-16-26-40-69)63-78(103(10,11)12)64-85(96)99-106-97(70-41-27-17-28-42-70)105-98(107-99)71-43-29-18-30-44-71)91-65-79(108-88-55-50-76(101(4,5)6)61-83(88)84-62-77(102(7,8)9)51-56-89(84)108)52-54-87(91)104(94)86-53-49-73(66-33-19-13-20-34-66)58-90(86)109(92)95-80(67-35-21-14-22-36-67)47-32-48-81(95)68-37-23-15-24-38-68/h13-65H,1-12H3/i13D,19D,20D,33D,34D. The fourth-order valence-corrected chi connectivity index (χ4v) is 16.4. The summed E-state index contributed by atoms with van der Waals surface area (Å²) in [7, 11) is 0. The molecule has 4 heterocycles. The lowest BCUT2D eigenvalue weighted by Gasteiger charge is -2.46. The Labute approximate surface area is 655 Å². The normalized spacial score (nSPS) is 13.5. The van der Waals surface area contributed by atoms with Crippen molar-refractivity contribution >= 4 is 79.0 Å². The van der Waals surface area contributed by atoms with Crippen LogP contribution in [0.15, 0.2) is 321 Å². The van der Waals surface area contributed by atoms with Crippen LogP contribution in [0.4, 0.5) is 34.1 Å². The summed E-state index contributed by atoms with van der Waals surface area (Å²) < 4.78 is 49.1. The molecule has 18 rings (SSSR count). The van der Waals surface area contributed by atoms with Gasteiger partial charge in [-0.25, -0.2) is 15.0 Å². The monoisotopic (exact) mass is 1430 g/mol. The van der Waals surface area contributed by atoms with Crippen LogP contribution in [-0.4, -0.2) is 26.2 Å². The van der Waals surface area contributed by atoms with Crippen LogP contribution in [0.25, 0.3) is 117 Å². The summed E-state index contributed by atoms with van der Waals surface area (Å²) in [6.07, 6.45) is 0. The summed E-state index contributed by atoms with van der Waals surface area (Å²) in [6.45, 7) is 26.9. The molecule has 2 aromatic heterocycles. The van der Waals surface area contributed by atoms with Crippen LogP contribution in [0.1, 0.15) is 112 Å². The molecule has 0 unspecified atom stereocenters. The Hall–Kier alpha value is -12.4. The van der Waals surface area contributed by atoms with E-state index in [1.54, 1.807) is 0 Å². The molecule has 16 aromatic rings. The van der Waals surface area contributed by atoms with Gasteiger partial charge >= 0.3 is 0 Å². The van der Waals surface area contributed by atoms with Gasteiger partial charge in [0.1, 0.15) is 0 Å². The summed E-state index contributed by atoms with van der Waals surface area (Å²) >= 11 is 0. The van der Waals surface area contributed by atoms with Gasteiger partial charge in [-0.1, -0.05) is 338 Å². The van der Waals surface area contributed by atoms with Gasteiger partial charge in [-0.2, -0.15) is 0 Å². The molecule has 0 N–H and O–H groups in total. The lowest BCUT2D eigenvalue weighted by Crippen LogP contribution is -2.61. The summed E-state index contributed by atoms with van der Waals surface area (Å²) in [4.78, 5) is 21.9.